The van der Waals surface area contributed by atoms with Gasteiger partial charge < -0.3 is 9.64 Å². The summed E-state index contributed by atoms with van der Waals surface area (Å²) in [6, 6.07) is 11.4. The predicted molar refractivity (Wildman–Crippen MR) is 103 cm³/mol. The summed E-state index contributed by atoms with van der Waals surface area (Å²) in [7, 11) is 0. The molecule has 0 unspecified atom stereocenters. The van der Waals surface area contributed by atoms with Crippen molar-refractivity contribution in [3.8, 4) is 16.5 Å². The molecule has 1 aliphatic heterocycles. The second-order valence-electron chi connectivity index (χ2n) is 6.40. The molecule has 3 heterocycles. The van der Waals surface area contributed by atoms with E-state index in [1.807, 2.05) is 53.6 Å². The monoisotopic (exact) mass is 383 g/mol. The molecular weight excluding hydrogens is 362 g/mol. The van der Waals surface area contributed by atoms with Gasteiger partial charge in [-0.15, -0.1) is 21.5 Å². The fourth-order valence-corrected chi connectivity index (χ4v) is 3.98. The van der Waals surface area contributed by atoms with Gasteiger partial charge in [-0.3, -0.25) is 4.79 Å². The average molecular weight is 383 g/mol. The van der Waals surface area contributed by atoms with Crippen molar-refractivity contribution in [1.29, 1.82) is 0 Å². The number of hydrogen-bond acceptors (Lipinski definition) is 6. The van der Waals surface area contributed by atoms with E-state index in [0.29, 0.717) is 24.5 Å². The van der Waals surface area contributed by atoms with Crippen molar-refractivity contribution in [2.75, 3.05) is 13.2 Å². The number of carbonyl (C=O) groups excluding carboxylic acids is 1. The number of rotatable bonds is 6. The summed E-state index contributed by atoms with van der Waals surface area (Å²) in [6.45, 7) is 3.86. The molecule has 7 nitrogen and oxygen atoms in total. The van der Waals surface area contributed by atoms with E-state index in [1.165, 1.54) is 0 Å². The van der Waals surface area contributed by atoms with Crippen LogP contribution in [0.4, 0.5) is 0 Å². The van der Waals surface area contributed by atoms with Crippen molar-refractivity contribution in [2.45, 2.75) is 32.4 Å². The molecular formula is C19H21N5O2S. The minimum absolute atomic E-state index is 0.0409. The van der Waals surface area contributed by atoms with E-state index < -0.39 is 0 Å². The average Bonchev–Trinajstić information content (AvgIpc) is 3.44. The van der Waals surface area contributed by atoms with Gasteiger partial charge in [0, 0.05) is 12.1 Å². The molecule has 1 aliphatic rings. The van der Waals surface area contributed by atoms with Crippen molar-refractivity contribution < 1.29 is 9.53 Å². The molecule has 0 aliphatic carbocycles. The zero-order valence-corrected chi connectivity index (χ0v) is 15.9. The minimum atomic E-state index is 0.0409. The van der Waals surface area contributed by atoms with E-state index >= 15 is 0 Å². The van der Waals surface area contributed by atoms with Gasteiger partial charge in [-0.05, 0) is 60.7 Å². The molecule has 4 rings (SSSR count). The van der Waals surface area contributed by atoms with Gasteiger partial charge in [-0.2, -0.15) is 4.80 Å². The number of thiophene rings is 1. The number of aromatic nitrogens is 4. The third-order valence-corrected chi connectivity index (χ3v) is 5.48. The lowest BCUT2D eigenvalue weighted by Crippen LogP contribution is -2.38. The Morgan fingerprint density at radius 2 is 2.15 bits per heavy atom. The second kappa shape index (κ2) is 7.87. The van der Waals surface area contributed by atoms with Crippen molar-refractivity contribution >= 4 is 17.2 Å². The highest BCUT2D eigenvalue weighted by atomic mass is 32.1. The van der Waals surface area contributed by atoms with Crippen LogP contribution in [0.2, 0.25) is 0 Å². The third kappa shape index (κ3) is 3.85. The van der Waals surface area contributed by atoms with Crippen LogP contribution in [0.1, 0.15) is 30.1 Å². The summed E-state index contributed by atoms with van der Waals surface area (Å²) < 4.78 is 5.45. The lowest BCUT2D eigenvalue weighted by Gasteiger charge is -2.24. The van der Waals surface area contributed by atoms with Crippen LogP contribution in [0.3, 0.4) is 0 Å². The van der Waals surface area contributed by atoms with Gasteiger partial charge in [0.15, 0.2) is 0 Å². The van der Waals surface area contributed by atoms with Crippen LogP contribution in [0.15, 0.2) is 41.8 Å². The lowest BCUT2D eigenvalue weighted by atomic mass is 10.1. The normalized spacial score (nSPS) is 16.6. The molecule has 0 spiro atoms. The Morgan fingerprint density at radius 3 is 2.89 bits per heavy atom. The van der Waals surface area contributed by atoms with E-state index in [0.717, 1.165) is 30.0 Å². The molecule has 27 heavy (non-hydrogen) atoms. The fourth-order valence-electron chi connectivity index (χ4n) is 3.33. The first-order valence-electron chi connectivity index (χ1n) is 9.10. The smallest absolute Gasteiger partial charge is 0.254 e. The number of nitrogens with zero attached hydrogens (tertiary/aromatic N) is 5. The SMILES string of the molecule is CCOc1ccc(C(=O)N2CCC[C@H]2Cn2nnc(-c3cccs3)n2)cc1. The molecule has 140 valence electrons. The van der Waals surface area contributed by atoms with Gasteiger partial charge in [-0.1, -0.05) is 6.07 Å². The van der Waals surface area contributed by atoms with Crippen LogP contribution in [-0.4, -0.2) is 50.2 Å². The highest BCUT2D eigenvalue weighted by molar-refractivity contribution is 7.13. The summed E-state index contributed by atoms with van der Waals surface area (Å²) in [6.07, 6.45) is 1.93. The molecule has 1 saturated heterocycles. The zero-order valence-electron chi connectivity index (χ0n) is 15.1. The maximum atomic E-state index is 12.9. The Hall–Kier alpha value is -2.74. The van der Waals surface area contributed by atoms with E-state index in [2.05, 4.69) is 15.4 Å². The van der Waals surface area contributed by atoms with Crippen LogP contribution in [0.25, 0.3) is 10.7 Å². The van der Waals surface area contributed by atoms with Crippen molar-refractivity contribution in [2.24, 2.45) is 0 Å². The highest BCUT2D eigenvalue weighted by Crippen LogP contribution is 2.23. The molecule has 2 aromatic heterocycles. The number of carbonyl (C=O) groups is 1. The highest BCUT2D eigenvalue weighted by Gasteiger charge is 2.30. The first-order valence-corrected chi connectivity index (χ1v) is 9.98. The summed E-state index contributed by atoms with van der Waals surface area (Å²) in [4.78, 5) is 17.4. The molecule has 1 atom stereocenters. The van der Waals surface area contributed by atoms with Gasteiger partial charge in [0.25, 0.3) is 5.91 Å². The molecule has 1 amide bonds. The number of amides is 1. The van der Waals surface area contributed by atoms with Gasteiger partial charge in [0.2, 0.25) is 5.82 Å². The number of likely N-dealkylation sites (tertiary alicyclic amines) is 1. The van der Waals surface area contributed by atoms with E-state index in [4.69, 9.17) is 4.74 Å². The van der Waals surface area contributed by atoms with Gasteiger partial charge in [-0.25, -0.2) is 0 Å². The van der Waals surface area contributed by atoms with Crippen molar-refractivity contribution in [3.05, 3.63) is 47.3 Å². The van der Waals surface area contributed by atoms with Crippen LogP contribution in [0.5, 0.6) is 5.75 Å². The summed E-state index contributed by atoms with van der Waals surface area (Å²) in [5.74, 6) is 1.45. The molecule has 0 saturated carbocycles. The Morgan fingerprint density at radius 1 is 1.30 bits per heavy atom. The number of tetrazole rings is 1. The molecule has 8 heteroatoms. The summed E-state index contributed by atoms with van der Waals surface area (Å²) in [5.41, 5.74) is 0.677. The van der Waals surface area contributed by atoms with Crippen molar-refractivity contribution in [1.82, 2.24) is 25.1 Å². The fraction of sp³-hybridized carbons (Fsp3) is 0.368. The molecule has 1 aromatic carbocycles. The second-order valence-corrected chi connectivity index (χ2v) is 7.34. The number of hydrogen-bond donors (Lipinski definition) is 0. The maximum Gasteiger partial charge on any atom is 0.254 e. The molecule has 3 aromatic rings. The third-order valence-electron chi connectivity index (χ3n) is 4.62. The Bertz CT molecular complexity index is 891. The van der Waals surface area contributed by atoms with E-state index in [1.54, 1.807) is 16.1 Å². The quantitative estimate of drug-likeness (QED) is 0.654. The Labute approximate surface area is 161 Å². The van der Waals surface area contributed by atoms with Crippen LogP contribution in [0, 0.1) is 0 Å². The first kappa shape index (κ1) is 17.7. The predicted octanol–water partition coefficient (Wildman–Crippen LogP) is 3.11. The molecule has 0 bridgehead atoms. The number of ether oxygens (including phenoxy) is 1. The molecule has 0 radical (unpaired) electrons. The standard InChI is InChI=1S/C19H21N5O2S/c1-2-26-16-9-7-14(8-10-16)19(25)23-11-3-5-15(23)13-24-21-18(20-22-24)17-6-4-12-27-17/h4,6-10,12,15H,2-3,5,11,13H2,1H3/t15-/m0/s1. The van der Waals surface area contributed by atoms with Gasteiger partial charge in [0.1, 0.15) is 5.75 Å². The van der Waals surface area contributed by atoms with E-state index in [-0.39, 0.29) is 11.9 Å². The lowest BCUT2D eigenvalue weighted by molar-refractivity contribution is 0.0718. The number of benzene rings is 1. The topological polar surface area (TPSA) is 73.1 Å². The maximum absolute atomic E-state index is 12.9. The van der Waals surface area contributed by atoms with Crippen LogP contribution >= 0.6 is 11.3 Å². The van der Waals surface area contributed by atoms with Crippen molar-refractivity contribution in [3.63, 3.8) is 0 Å². The van der Waals surface area contributed by atoms with Crippen LogP contribution < -0.4 is 4.74 Å². The van der Waals surface area contributed by atoms with Gasteiger partial charge in [0.05, 0.1) is 24.1 Å². The largest absolute Gasteiger partial charge is 0.494 e. The molecule has 0 N–H and O–H groups in total. The minimum Gasteiger partial charge on any atom is -0.494 e. The van der Waals surface area contributed by atoms with E-state index in [9.17, 15) is 4.79 Å². The summed E-state index contributed by atoms with van der Waals surface area (Å²) in [5, 5.41) is 14.7. The van der Waals surface area contributed by atoms with Crippen LogP contribution in [-0.2, 0) is 6.54 Å². The zero-order chi connectivity index (χ0) is 18.6. The van der Waals surface area contributed by atoms with Gasteiger partial charge >= 0.3 is 0 Å². The summed E-state index contributed by atoms with van der Waals surface area (Å²) >= 11 is 1.59. The molecule has 1 fully saturated rings. The first-order chi connectivity index (χ1) is 13.2. The Balaban J connectivity index is 1.45. The Kier molecular flexibility index (Phi) is 5.15.